The van der Waals surface area contributed by atoms with Crippen LogP contribution in [0.1, 0.15) is 33.1 Å². The van der Waals surface area contributed by atoms with Crippen molar-refractivity contribution in [2.75, 3.05) is 6.61 Å². The molecule has 0 rings (SSSR count). The van der Waals surface area contributed by atoms with E-state index in [1.807, 2.05) is 0 Å². The molecule has 0 saturated carbocycles. The summed E-state index contributed by atoms with van der Waals surface area (Å²) in [6.45, 7) is -7.14. The van der Waals surface area contributed by atoms with Gasteiger partial charge in [-0.15, -0.1) is 0 Å². The van der Waals surface area contributed by atoms with E-state index in [2.05, 4.69) is 12.2 Å². The van der Waals surface area contributed by atoms with Gasteiger partial charge in [-0.05, 0) is 27.6 Å². The van der Waals surface area contributed by atoms with E-state index in [9.17, 15) is 39.6 Å². The third kappa shape index (κ3) is 2.85. The van der Waals surface area contributed by atoms with Gasteiger partial charge < -0.3 is 25.5 Å². The minimum atomic E-state index is -4.22. The van der Waals surface area contributed by atoms with Crippen LogP contribution in [0.3, 0.4) is 0 Å². The summed E-state index contributed by atoms with van der Waals surface area (Å²) in [5.74, 6) is -7.22. The molecule has 0 aliphatic heterocycles. The lowest BCUT2D eigenvalue weighted by molar-refractivity contribution is -0.237. The average molecular weight is 368 g/mol. The second-order valence-corrected chi connectivity index (χ2v) is 5.32. The minimum Gasteiger partial charge on any atom is -0.394 e. The molecule has 0 spiro atoms. The highest BCUT2D eigenvalue weighted by Crippen LogP contribution is 2.39. The third-order valence-corrected chi connectivity index (χ3v) is 4.07. The molecular formula is C14H20O9S. The van der Waals surface area contributed by atoms with Crippen LogP contribution in [0.2, 0.25) is 0 Å². The first-order valence-corrected chi connectivity index (χ1v) is 6.54. The standard InChI is InChI=1S/C14H20O9S/c1-6(16)11(24)13(22,8(3)18)14(23,9(4)19)12(21,7(2)17)10(20)5-15/h10,15,20-23H,5H2,1-4H3/t10-,12-,13+,14+/m1/s1/i1D,2D,3D,4D. The van der Waals surface area contributed by atoms with Crippen LogP contribution in [-0.2, 0) is 19.2 Å². The van der Waals surface area contributed by atoms with Gasteiger partial charge in [0.2, 0.25) is 11.2 Å². The number of rotatable bonds is 9. The normalized spacial score (nSPS) is 22.2. The number of thiocarbonyl (C=S) groups is 1. The second-order valence-electron chi connectivity index (χ2n) is 4.91. The molecule has 0 aromatic carbocycles. The molecule has 0 unspecified atom stereocenters. The monoisotopic (exact) mass is 368 g/mol. The van der Waals surface area contributed by atoms with E-state index in [0.717, 1.165) is 0 Å². The van der Waals surface area contributed by atoms with E-state index >= 15 is 0 Å². The van der Waals surface area contributed by atoms with Crippen LogP contribution in [0.5, 0.6) is 0 Å². The zero-order chi connectivity index (χ0) is 22.5. The number of ketones is 4. The van der Waals surface area contributed by atoms with Crippen molar-refractivity contribution < 1.29 is 50.2 Å². The molecule has 0 aromatic rings. The molecule has 0 aromatic heterocycles. The Morgan fingerprint density at radius 3 is 1.88 bits per heavy atom. The predicted molar refractivity (Wildman–Crippen MR) is 83.3 cm³/mol. The van der Waals surface area contributed by atoms with E-state index in [-0.39, 0.29) is 0 Å². The highest BCUT2D eigenvalue weighted by atomic mass is 32.1. The Hall–Kier alpha value is -1.43. The van der Waals surface area contributed by atoms with Crippen molar-refractivity contribution in [1.82, 2.24) is 0 Å². The molecule has 4 atom stereocenters. The van der Waals surface area contributed by atoms with Crippen LogP contribution in [0.25, 0.3) is 0 Å². The van der Waals surface area contributed by atoms with Gasteiger partial charge >= 0.3 is 0 Å². The first kappa shape index (κ1) is 16.1. The van der Waals surface area contributed by atoms with Gasteiger partial charge in [0.05, 0.1) is 6.61 Å². The van der Waals surface area contributed by atoms with Gasteiger partial charge in [-0.1, -0.05) is 12.2 Å². The summed E-state index contributed by atoms with van der Waals surface area (Å²) < 4.78 is 28.4. The number of carbonyl (C=O) groups excluding carboxylic acids is 4. The summed E-state index contributed by atoms with van der Waals surface area (Å²) in [4.78, 5) is 47.3. The quantitative estimate of drug-likeness (QED) is 0.269. The van der Waals surface area contributed by atoms with Crippen molar-refractivity contribution >= 4 is 40.2 Å². The van der Waals surface area contributed by atoms with Gasteiger partial charge in [0.1, 0.15) is 11.0 Å². The summed E-state index contributed by atoms with van der Waals surface area (Å²) in [6.07, 6.45) is -2.77. The zero-order valence-corrected chi connectivity index (χ0v) is 13.2. The summed E-state index contributed by atoms with van der Waals surface area (Å²) in [5.41, 5.74) is -12.2. The minimum absolute atomic E-state index is 1.20. The van der Waals surface area contributed by atoms with Crippen molar-refractivity contribution in [1.29, 1.82) is 0 Å². The SMILES string of the molecule is [2H]CC(=O)C(=S)[C@@](O)(C(=O)C[2H])[C@](O)(C(=O)C[2H])[C@@](O)(C(=O)C[2H])[C@H](O)CO. The molecule has 0 fully saturated rings. The lowest BCUT2D eigenvalue weighted by atomic mass is 9.62. The number of hydrogen-bond donors (Lipinski definition) is 5. The van der Waals surface area contributed by atoms with Gasteiger partial charge in [0.25, 0.3) is 0 Å². The van der Waals surface area contributed by atoms with Crippen molar-refractivity contribution in [3.8, 4) is 0 Å². The topological polar surface area (TPSA) is 169 Å². The van der Waals surface area contributed by atoms with E-state index in [1.54, 1.807) is 0 Å². The Labute approximate surface area is 148 Å². The van der Waals surface area contributed by atoms with Gasteiger partial charge in [0.15, 0.2) is 28.7 Å². The zero-order valence-electron chi connectivity index (χ0n) is 16.4. The van der Waals surface area contributed by atoms with Crippen LogP contribution in [0.4, 0.5) is 0 Å². The molecular weight excluding hydrogens is 344 g/mol. The van der Waals surface area contributed by atoms with Crippen molar-refractivity contribution in [3.05, 3.63) is 0 Å². The van der Waals surface area contributed by atoms with Crippen LogP contribution < -0.4 is 0 Å². The maximum atomic E-state index is 12.4. The van der Waals surface area contributed by atoms with Crippen LogP contribution in [0, 0.1) is 0 Å². The fourth-order valence-electron chi connectivity index (χ4n) is 2.15. The first-order chi connectivity index (χ1) is 12.8. The smallest absolute Gasteiger partial charge is 0.202 e. The molecule has 24 heavy (non-hydrogen) atoms. The number of aliphatic hydroxyl groups excluding tert-OH is 2. The molecule has 136 valence electrons. The molecule has 0 aliphatic carbocycles. The number of Topliss-reactive ketones (excluding diaryl/α,β-unsaturated/α-hetero) is 4. The fourth-order valence-corrected chi connectivity index (χ4v) is 2.41. The molecule has 0 bridgehead atoms. The lowest BCUT2D eigenvalue weighted by Crippen LogP contribution is -2.81. The van der Waals surface area contributed by atoms with Crippen LogP contribution >= 0.6 is 12.2 Å². The molecule has 10 heteroatoms. The molecule has 0 amide bonds. The Kier molecular flexibility index (Phi) is 4.83. The predicted octanol–water partition coefficient (Wildman–Crippen LogP) is -2.74. The Balaban J connectivity index is 7.42. The van der Waals surface area contributed by atoms with E-state index in [1.165, 1.54) is 0 Å². The maximum Gasteiger partial charge on any atom is 0.202 e. The molecule has 0 saturated heterocycles. The van der Waals surface area contributed by atoms with Crippen LogP contribution in [0.15, 0.2) is 0 Å². The van der Waals surface area contributed by atoms with E-state index < -0.39 is 85.1 Å². The number of hydrogen-bond acceptors (Lipinski definition) is 10. The van der Waals surface area contributed by atoms with E-state index in [0.29, 0.717) is 0 Å². The second kappa shape index (κ2) is 7.21. The average Bonchev–Trinajstić information content (AvgIpc) is 2.72. The molecule has 0 aliphatic rings. The molecule has 0 heterocycles. The lowest BCUT2D eigenvalue weighted by Gasteiger charge is -2.49. The highest BCUT2D eigenvalue weighted by molar-refractivity contribution is 7.82. The first-order valence-electron chi connectivity index (χ1n) is 8.96. The van der Waals surface area contributed by atoms with Gasteiger partial charge in [-0.25, -0.2) is 0 Å². The molecule has 0 radical (unpaired) electrons. The number of carbonyl (C=O) groups is 4. The van der Waals surface area contributed by atoms with Crippen molar-refractivity contribution in [2.45, 2.75) is 50.5 Å². The number of aliphatic hydroxyl groups is 5. The third-order valence-electron chi connectivity index (χ3n) is 3.54. The maximum absolute atomic E-state index is 12.4. The van der Waals surface area contributed by atoms with Crippen molar-refractivity contribution in [2.24, 2.45) is 0 Å². The van der Waals surface area contributed by atoms with E-state index in [4.69, 9.17) is 10.6 Å². The molecule has 9 nitrogen and oxygen atoms in total. The Morgan fingerprint density at radius 2 is 1.50 bits per heavy atom. The van der Waals surface area contributed by atoms with Crippen molar-refractivity contribution in [3.63, 3.8) is 0 Å². The van der Waals surface area contributed by atoms with Gasteiger partial charge in [-0.3, -0.25) is 19.2 Å². The van der Waals surface area contributed by atoms with Gasteiger partial charge in [-0.2, -0.15) is 0 Å². The molecule has 5 N–H and O–H groups in total. The Bertz CT molecular complexity index is 675. The van der Waals surface area contributed by atoms with Crippen LogP contribution in [-0.4, -0.2) is 83.0 Å². The highest BCUT2D eigenvalue weighted by Gasteiger charge is 2.73. The summed E-state index contributed by atoms with van der Waals surface area (Å²) in [7, 11) is 0. The fraction of sp³-hybridized carbons (Fsp3) is 0.643. The summed E-state index contributed by atoms with van der Waals surface area (Å²) in [6, 6.07) is 0. The van der Waals surface area contributed by atoms with Gasteiger partial charge in [0, 0.05) is 5.48 Å². The Morgan fingerprint density at radius 1 is 1.00 bits per heavy atom. The largest absolute Gasteiger partial charge is 0.394 e. The summed E-state index contributed by atoms with van der Waals surface area (Å²) >= 11 is 4.57. The summed E-state index contributed by atoms with van der Waals surface area (Å²) in [5, 5.41) is 51.7.